The fourth-order valence-electron chi connectivity index (χ4n) is 1.41. The fraction of sp³-hybridized carbons (Fsp3) is 0.444. The molecular formula is C9H13NO3. The Morgan fingerprint density at radius 3 is 2.31 bits per heavy atom. The average molecular weight is 183 g/mol. The lowest BCUT2D eigenvalue weighted by Gasteiger charge is -2.06. The highest BCUT2D eigenvalue weighted by atomic mass is 16.4. The van der Waals surface area contributed by atoms with E-state index in [-0.39, 0.29) is 17.4 Å². The zero-order valence-corrected chi connectivity index (χ0v) is 7.90. The number of carboxylic acids is 1. The smallest absolute Gasteiger partial charge is 0.356 e. The molecule has 4 heteroatoms. The van der Waals surface area contributed by atoms with Crippen LogP contribution in [-0.4, -0.2) is 20.7 Å². The number of carbonyl (C=O) groups is 1. The van der Waals surface area contributed by atoms with Crippen molar-refractivity contribution in [3.63, 3.8) is 0 Å². The number of aromatic hydroxyl groups is 1. The Hall–Kier alpha value is -1.45. The summed E-state index contributed by atoms with van der Waals surface area (Å²) in [5, 5.41) is 18.1. The molecule has 0 fully saturated rings. The van der Waals surface area contributed by atoms with Crippen molar-refractivity contribution in [2.45, 2.75) is 19.8 Å². The van der Waals surface area contributed by atoms with E-state index < -0.39 is 5.97 Å². The number of nitrogens with zero attached hydrogens (tertiary/aromatic N) is 1. The predicted octanol–water partition coefficient (Wildman–Crippen LogP) is 1.55. The monoisotopic (exact) mass is 183 g/mol. The van der Waals surface area contributed by atoms with E-state index >= 15 is 0 Å². The summed E-state index contributed by atoms with van der Waals surface area (Å²) in [6.45, 7) is 3.89. The molecule has 0 aromatic carbocycles. The standard InChI is InChI=1S/C9H13NO3/c1-5(2)6-4-7(11)8(9(12)13)10(6)3/h4-5,11H,1-3H3,(H,12,13). The van der Waals surface area contributed by atoms with Crippen molar-refractivity contribution < 1.29 is 15.0 Å². The Bertz CT molecular complexity index is 339. The first-order valence-electron chi connectivity index (χ1n) is 4.07. The van der Waals surface area contributed by atoms with Crippen LogP contribution < -0.4 is 0 Å². The molecule has 1 heterocycles. The minimum Gasteiger partial charge on any atom is -0.505 e. The van der Waals surface area contributed by atoms with Crippen LogP contribution in [0.2, 0.25) is 0 Å². The minimum atomic E-state index is -1.10. The van der Waals surface area contributed by atoms with Crippen molar-refractivity contribution >= 4 is 5.97 Å². The van der Waals surface area contributed by atoms with Crippen molar-refractivity contribution in [2.24, 2.45) is 7.05 Å². The SMILES string of the molecule is CC(C)c1cc(O)c(C(=O)O)n1C. The second kappa shape index (κ2) is 3.12. The number of rotatable bonds is 2. The van der Waals surface area contributed by atoms with Gasteiger partial charge in [-0.05, 0) is 5.92 Å². The van der Waals surface area contributed by atoms with E-state index in [4.69, 9.17) is 5.11 Å². The first-order valence-corrected chi connectivity index (χ1v) is 4.07. The van der Waals surface area contributed by atoms with Crippen LogP contribution in [0.4, 0.5) is 0 Å². The van der Waals surface area contributed by atoms with Crippen molar-refractivity contribution in [1.82, 2.24) is 4.57 Å². The van der Waals surface area contributed by atoms with Crippen LogP contribution in [0, 0.1) is 0 Å². The lowest BCUT2D eigenvalue weighted by atomic mass is 10.1. The second-order valence-electron chi connectivity index (χ2n) is 3.32. The molecular weight excluding hydrogens is 170 g/mol. The molecule has 13 heavy (non-hydrogen) atoms. The van der Waals surface area contributed by atoms with E-state index in [1.807, 2.05) is 13.8 Å². The molecule has 0 atom stereocenters. The van der Waals surface area contributed by atoms with Crippen LogP contribution in [0.15, 0.2) is 6.07 Å². The molecule has 0 amide bonds. The quantitative estimate of drug-likeness (QED) is 0.731. The third-order valence-electron chi connectivity index (χ3n) is 2.04. The van der Waals surface area contributed by atoms with Gasteiger partial charge < -0.3 is 14.8 Å². The van der Waals surface area contributed by atoms with Crippen LogP contribution in [0.5, 0.6) is 5.75 Å². The van der Waals surface area contributed by atoms with E-state index in [0.29, 0.717) is 0 Å². The Morgan fingerprint density at radius 2 is 2.08 bits per heavy atom. The van der Waals surface area contributed by atoms with Crippen LogP contribution in [0.3, 0.4) is 0 Å². The molecule has 1 aromatic heterocycles. The summed E-state index contributed by atoms with van der Waals surface area (Å²) in [7, 11) is 1.64. The van der Waals surface area contributed by atoms with Gasteiger partial charge in [0.05, 0.1) is 0 Å². The van der Waals surface area contributed by atoms with Gasteiger partial charge >= 0.3 is 5.97 Å². The Balaban J connectivity index is 3.30. The fourth-order valence-corrected chi connectivity index (χ4v) is 1.41. The summed E-state index contributed by atoms with van der Waals surface area (Å²) in [6.07, 6.45) is 0. The number of hydrogen-bond donors (Lipinski definition) is 2. The Morgan fingerprint density at radius 1 is 1.54 bits per heavy atom. The van der Waals surface area contributed by atoms with Gasteiger partial charge in [0.15, 0.2) is 5.69 Å². The van der Waals surface area contributed by atoms with Gasteiger partial charge in [0.2, 0.25) is 0 Å². The van der Waals surface area contributed by atoms with Crippen molar-refractivity contribution in [3.8, 4) is 5.75 Å². The van der Waals surface area contributed by atoms with E-state index in [1.165, 1.54) is 10.6 Å². The molecule has 0 saturated heterocycles. The van der Waals surface area contributed by atoms with Crippen molar-refractivity contribution in [1.29, 1.82) is 0 Å². The highest BCUT2D eigenvalue weighted by Crippen LogP contribution is 2.26. The molecule has 0 bridgehead atoms. The largest absolute Gasteiger partial charge is 0.505 e. The van der Waals surface area contributed by atoms with Crippen LogP contribution in [-0.2, 0) is 7.05 Å². The lowest BCUT2D eigenvalue weighted by molar-refractivity contribution is 0.0683. The normalized spacial score (nSPS) is 10.8. The van der Waals surface area contributed by atoms with E-state index in [2.05, 4.69) is 0 Å². The lowest BCUT2D eigenvalue weighted by Crippen LogP contribution is -2.07. The summed E-state index contributed by atoms with van der Waals surface area (Å²) in [5.41, 5.74) is 0.763. The van der Waals surface area contributed by atoms with Crippen LogP contribution in [0.25, 0.3) is 0 Å². The summed E-state index contributed by atoms with van der Waals surface area (Å²) in [5.74, 6) is -1.07. The number of hydrogen-bond acceptors (Lipinski definition) is 2. The zero-order chi connectivity index (χ0) is 10.2. The molecule has 0 spiro atoms. The van der Waals surface area contributed by atoms with Gasteiger partial charge in [-0.25, -0.2) is 4.79 Å². The van der Waals surface area contributed by atoms with Gasteiger partial charge in [0.1, 0.15) is 5.75 Å². The molecule has 0 aliphatic rings. The molecule has 2 N–H and O–H groups in total. The third kappa shape index (κ3) is 1.52. The van der Waals surface area contributed by atoms with E-state index in [9.17, 15) is 9.90 Å². The molecule has 1 rings (SSSR count). The highest BCUT2D eigenvalue weighted by Gasteiger charge is 2.19. The molecule has 72 valence electrons. The van der Waals surface area contributed by atoms with Gasteiger partial charge in [-0.15, -0.1) is 0 Å². The third-order valence-corrected chi connectivity index (χ3v) is 2.04. The zero-order valence-electron chi connectivity index (χ0n) is 7.90. The first-order chi connectivity index (χ1) is 5.95. The molecule has 0 saturated carbocycles. The van der Waals surface area contributed by atoms with E-state index in [1.54, 1.807) is 7.05 Å². The van der Waals surface area contributed by atoms with Gasteiger partial charge in [0, 0.05) is 18.8 Å². The highest BCUT2D eigenvalue weighted by molar-refractivity contribution is 5.89. The maximum atomic E-state index is 10.7. The maximum Gasteiger partial charge on any atom is 0.356 e. The summed E-state index contributed by atoms with van der Waals surface area (Å²) in [4.78, 5) is 10.7. The summed E-state index contributed by atoms with van der Waals surface area (Å²) < 4.78 is 1.50. The summed E-state index contributed by atoms with van der Waals surface area (Å²) in [6, 6.07) is 1.49. The first kappa shape index (κ1) is 9.64. The van der Waals surface area contributed by atoms with Crippen LogP contribution in [0.1, 0.15) is 35.9 Å². The second-order valence-corrected chi connectivity index (χ2v) is 3.32. The van der Waals surface area contributed by atoms with Gasteiger partial charge in [0.25, 0.3) is 0 Å². The number of aromatic carboxylic acids is 1. The van der Waals surface area contributed by atoms with E-state index in [0.717, 1.165) is 5.69 Å². The topological polar surface area (TPSA) is 62.5 Å². The molecule has 4 nitrogen and oxygen atoms in total. The van der Waals surface area contributed by atoms with Crippen LogP contribution >= 0.6 is 0 Å². The van der Waals surface area contributed by atoms with Gasteiger partial charge in [-0.1, -0.05) is 13.8 Å². The Kier molecular flexibility index (Phi) is 2.32. The number of aromatic nitrogens is 1. The molecule has 0 radical (unpaired) electrons. The average Bonchev–Trinajstić information content (AvgIpc) is 2.26. The van der Waals surface area contributed by atoms with Gasteiger partial charge in [-0.3, -0.25) is 0 Å². The number of carboxylic acid groups (broad SMARTS) is 1. The molecule has 0 unspecified atom stereocenters. The Labute approximate surface area is 76.4 Å². The van der Waals surface area contributed by atoms with Gasteiger partial charge in [-0.2, -0.15) is 0 Å². The molecule has 0 aliphatic heterocycles. The van der Waals surface area contributed by atoms with Crippen molar-refractivity contribution in [2.75, 3.05) is 0 Å². The molecule has 1 aromatic rings. The minimum absolute atomic E-state index is 0.0521. The maximum absolute atomic E-state index is 10.7. The predicted molar refractivity (Wildman–Crippen MR) is 48.1 cm³/mol. The molecule has 0 aliphatic carbocycles. The van der Waals surface area contributed by atoms with Crippen molar-refractivity contribution in [3.05, 3.63) is 17.5 Å². The summed E-state index contributed by atoms with van der Waals surface area (Å²) >= 11 is 0.